The van der Waals surface area contributed by atoms with Crippen LogP contribution in [0, 0.1) is 0 Å². The minimum Gasteiger partial charge on any atom is -0.444 e. The Labute approximate surface area is 149 Å². The van der Waals surface area contributed by atoms with Crippen molar-refractivity contribution < 1.29 is 14.3 Å². The second-order valence-electron chi connectivity index (χ2n) is 6.83. The summed E-state index contributed by atoms with van der Waals surface area (Å²) in [6.45, 7) is 9.01. The molecule has 1 atom stereocenters. The van der Waals surface area contributed by atoms with Crippen molar-refractivity contribution in [1.29, 1.82) is 0 Å². The average molecular weight is 352 g/mol. The summed E-state index contributed by atoms with van der Waals surface area (Å²) in [7, 11) is 0. The van der Waals surface area contributed by atoms with E-state index in [1.807, 2.05) is 39.0 Å². The highest BCUT2D eigenvalue weighted by atomic mass is 32.2. The predicted molar refractivity (Wildman–Crippen MR) is 101 cm³/mol. The van der Waals surface area contributed by atoms with Gasteiger partial charge in [-0.1, -0.05) is 37.3 Å². The first-order valence-electron chi connectivity index (χ1n) is 8.37. The maximum absolute atomic E-state index is 12.5. The molecule has 0 saturated carbocycles. The summed E-state index contributed by atoms with van der Waals surface area (Å²) < 4.78 is 5.54. The topological polar surface area (TPSA) is 46.6 Å². The van der Waals surface area contributed by atoms with Gasteiger partial charge in [0.1, 0.15) is 11.9 Å². The number of nitrogens with zero attached hydrogens (tertiary/aromatic N) is 1. The van der Waals surface area contributed by atoms with E-state index in [4.69, 9.17) is 4.74 Å². The van der Waals surface area contributed by atoms with Gasteiger partial charge in [-0.05, 0) is 44.4 Å². The average Bonchev–Trinajstić information content (AvgIpc) is 2.52. The minimum absolute atomic E-state index is 0.237. The molecular formula is C19H29NO3S. The highest BCUT2D eigenvalue weighted by Crippen LogP contribution is 2.19. The third kappa shape index (κ3) is 8.39. The number of benzene rings is 1. The molecule has 0 aliphatic rings. The largest absolute Gasteiger partial charge is 0.444 e. The number of rotatable bonds is 9. The number of hydrogen-bond donors (Lipinski definition) is 0. The fourth-order valence-corrected chi connectivity index (χ4v) is 2.89. The van der Waals surface area contributed by atoms with Crippen LogP contribution < -0.4 is 0 Å². The number of carbonyl (C=O) groups excluding carboxylic acids is 2. The van der Waals surface area contributed by atoms with E-state index in [2.05, 4.69) is 19.1 Å². The predicted octanol–water partition coefficient (Wildman–Crippen LogP) is 4.35. The molecule has 0 aromatic heterocycles. The van der Waals surface area contributed by atoms with Crippen LogP contribution in [0.25, 0.3) is 0 Å². The molecule has 1 aromatic carbocycles. The third-order valence-electron chi connectivity index (χ3n) is 3.42. The van der Waals surface area contributed by atoms with Gasteiger partial charge in [-0.15, -0.1) is 0 Å². The van der Waals surface area contributed by atoms with Crippen LogP contribution in [0.15, 0.2) is 30.3 Å². The van der Waals surface area contributed by atoms with Gasteiger partial charge in [0.25, 0.3) is 0 Å². The van der Waals surface area contributed by atoms with Crippen LogP contribution in [-0.2, 0) is 9.53 Å². The standard InChI is InChI=1S/C19H29NO3S/c1-16(17-9-6-5-7-10-17)15-20(11-8-13-24-14-12-21)18(22)23-19(2,3)4/h5-7,9-10,12,16H,8,11,13-15H2,1-4H3. The van der Waals surface area contributed by atoms with E-state index in [0.29, 0.717) is 18.8 Å². The van der Waals surface area contributed by atoms with Crippen molar-refractivity contribution in [3.8, 4) is 0 Å². The van der Waals surface area contributed by atoms with Gasteiger partial charge < -0.3 is 14.4 Å². The molecule has 1 rings (SSSR count). The van der Waals surface area contributed by atoms with Gasteiger partial charge in [-0.2, -0.15) is 11.8 Å². The lowest BCUT2D eigenvalue weighted by Gasteiger charge is -2.29. The van der Waals surface area contributed by atoms with Gasteiger partial charge in [-0.25, -0.2) is 4.79 Å². The van der Waals surface area contributed by atoms with Crippen molar-refractivity contribution >= 4 is 24.1 Å². The zero-order chi connectivity index (χ0) is 18.0. The second-order valence-corrected chi connectivity index (χ2v) is 7.98. The van der Waals surface area contributed by atoms with Crippen LogP contribution in [0.3, 0.4) is 0 Å². The molecule has 1 unspecified atom stereocenters. The first-order valence-corrected chi connectivity index (χ1v) is 9.53. The van der Waals surface area contributed by atoms with E-state index in [1.165, 1.54) is 5.56 Å². The molecule has 0 N–H and O–H groups in total. The molecule has 1 amide bonds. The molecular weight excluding hydrogens is 322 g/mol. The lowest BCUT2D eigenvalue weighted by Crippen LogP contribution is -2.39. The van der Waals surface area contributed by atoms with E-state index in [1.54, 1.807) is 16.7 Å². The molecule has 1 aromatic rings. The normalized spacial score (nSPS) is 12.5. The monoisotopic (exact) mass is 351 g/mol. The lowest BCUT2D eigenvalue weighted by molar-refractivity contribution is -0.105. The van der Waals surface area contributed by atoms with Crippen molar-refractivity contribution in [2.45, 2.75) is 45.6 Å². The van der Waals surface area contributed by atoms with Gasteiger partial charge in [0.2, 0.25) is 0 Å². The van der Waals surface area contributed by atoms with E-state index in [0.717, 1.165) is 18.5 Å². The summed E-state index contributed by atoms with van der Waals surface area (Å²) in [6.07, 6.45) is 1.48. The zero-order valence-electron chi connectivity index (χ0n) is 15.2. The maximum atomic E-state index is 12.5. The van der Waals surface area contributed by atoms with E-state index in [9.17, 15) is 9.59 Å². The van der Waals surface area contributed by atoms with Gasteiger partial charge in [0, 0.05) is 18.8 Å². The van der Waals surface area contributed by atoms with Gasteiger partial charge in [0.15, 0.2) is 0 Å². The Balaban J connectivity index is 2.65. The summed E-state index contributed by atoms with van der Waals surface area (Å²) >= 11 is 1.59. The zero-order valence-corrected chi connectivity index (χ0v) is 16.0. The molecule has 5 heteroatoms. The first-order chi connectivity index (χ1) is 11.3. The fourth-order valence-electron chi connectivity index (χ4n) is 2.29. The van der Waals surface area contributed by atoms with E-state index < -0.39 is 5.60 Å². The molecule has 0 bridgehead atoms. The third-order valence-corrected chi connectivity index (χ3v) is 4.37. The Morgan fingerprint density at radius 3 is 2.54 bits per heavy atom. The summed E-state index contributed by atoms with van der Waals surface area (Å²) in [6, 6.07) is 10.2. The summed E-state index contributed by atoms with van der Waals surface area (Å²) in [5, 5.41) is 0. The van der Waals surface area contributed by atoms with Crippen molar-refractivity contribution in [2.75, 3.05) is 24.6 Å². The Hall–Kier alpha value is -1.49. The maximum Gasteiger partial charge on any atom is 0.410 e. The number of hydrogen-bond acceptors (Lipinski definition) is 4. The van der Waals surface area contributed by atoms with Gasteiger partial charge in [0.05, 0.1) is 0 Å². The Morgan fingerprint density at radius 2 is 1.96 bits per heavy atom. The van der Waals surface area contributed by atoms with E-state index >= 15 is 0 Å². The number of amides is 1. The van der Waals surface area contributed by atoms with Crippen LogP contribution in [0.1, 0.15) is 45.6 Å². The Morgan fingerprint density at radius 1 is 1.29 bits per heavy atom. The Bertz CT molecular complexity index is 499. The second kappa shape index (κ2) is 10.4. The highest BCUT2D eigenvalue weighted by Gasteiger charge is 2.23. The van der Waals surface area contributed by atoms with Gasteiger partial charge >= 0.3 is 6.09 Å². The van der Waals surface area contributed by atoms with Crippen LogP contribution >= 0.6 is 11.8 Å². The smallest absolute Gasteiger partial charge is 0.410 e. The molecule has 134 valence electrons. The minimum atomic E-state index is -0.502. The number of carbonyl (C=O) groups is 2. The Kier molecular flexibility index (Phi) is 8.90. The summed E-state index contributed by atoms with van der Waals surface area (Å²) in [4.78, 5) is 24.6. The van der Waals surface area contributed by atoms with Crippen molar-refractivity contribution in [1.82, 2.24) is 4.90 Å². The van der Waals surface area contributed by atoms with E-state index in [-0.39, 0.29) is 12.0 Å². The van der Waals surface area contributed by atoms with Gasteiger partial charge in [-0.3, -0.25) is 0 Å². The molecule has 0 heterocycles. The fraction of sp³-hybridized carbons (Fsp3) is 0.579. The molecule has 0 radical (unpaired) electrons. The quantitative estimate of drug-likeness (QED) is 0.490. The molecule has 0 fully saturated rings. The number of aldehydes is 1. The molecule has 0 saturated heterocycles. The summed E-state index contributed by atoms with van der Waals surface area (Å²) in [5.74, 6) is 1.60. The number of ether oxygens (including phenoxy) is 1. The summed E-state index contributed by atoms with van der Waals surface area (Å²) in [5.41, 5.74) is 0.707. The molecule has 24 heavy (non-hydrogen) atoms. The van der Waals surface area contributed by atoms with Crippen molar-refractivity contribution in [2.24, 2.45) is 0 Å². The van der Waals surface area contributed by atoms with Crippen molar-refractivity contribution in [3.05, 3.63) is 35.9 Å². The number of thioether (sulfide) groups is 1. The molecule has 0 aliphatic heterocycles. The van der Waals surface area contributed by atoms with Crippen LogP contribution in [-0.4, -0.2) is 47.5 Å². The molecule has 0 aliphatic carbocycles. The lowest BCUT2D eigenvalue weighted by atomic mass is 10.0. The molecule has 0 spiro atoms. The van der Waals surface area contributed by atoms with Crippen LogP contribution in [0.2, 0.25) is 0 Å². The van der Waals surface area contributed by atoms with Crippen LogP contribution in [0.5, 0.6) is 0 Å². The highest BCUT2D eigenvalue weighted by molar-refractivity contribution is 7.99. The molecule has 4 nitrogen and oxygen atoms in total. The SMILES string of the molecule is CC(CN(CCCSCC=O)C(=O)OC(C)(C)C)c1ccccc1. The van der Waals surface area contributed by atoms with Crippen molar-refractivity contribution in [3.63, 3.8) is 0 Å². The van der Waals surface area contributed by atoms with Crippen LogP contribution in [0.4, 0.5) is 4.79 Å². The first kappa shape index (κ1) is 20.6.